The lowest BCUT2D eigenvalue weighted by Crippen LogP contribution is -2.42. The molecule has 4 aromatic rings. The van der Waals surface area contributed by atoms with Crippen molar-refractivity contribution in [1.82, 2.24) is 24.7 Å². The molecule has 166 valence electrons. The number of aromatic nitrogens is 4. The molecule has 0 aliphatic carbocycles. The van der Waals surface area contributed by atoms with Gasteiger partial charge in [0.05, 0.1) is 22.3 Å². The summed E-state index contributed by atoms with van der Waals surface area (Å²) in [5.74, 6) is -0.583. The van der Waals surface area contributed by atoms with Gasteiger partial charge >= 0.3 is 0 Å². The number of piperidine rings is 1. The van der Waals surface area contributed by atoms with Crippen molar-refractivity contribution in [3.05, 3.63) is 54.2 Å². The Morgan fingerprint density at radius 2 is 1.88 bits per heavy atom. The lowest BCUT2D eigenvalue weighted by molar-refractivity contribution is 0.424. The van der Waals surface area contributed by atoms with Crippen LogP contribution in [-0.2, 0) is 0 Å². The van der Waals surface area contributed by atoms with E-state index in [1.165, 1.54) is 18.5 Å². The van der Waals surface area contributed by atoms with E-state index in [9.17, 15) is 4.39 Å². The summed E-state index contributed by atoms with van der Waals surface area (Å²) >= 11 is 0. The third-order valence-corrected chi connectivity index (χ3v) is 5.92. The van der Waals surface area contributed by atoms with Crippen molar-refractivity contribution in [2.75, 3.05) is 29.9 Å². The minimum absolute atomic E-state index is 0.245. The molecule has 2 N–H and O–H groups in total. The molecule has 0 unspecified atom stereocenters. The van der Waals surface area contributed by atoms with Crippen LogP contribution in [0.25, 0.3) is 16.6 Å². The number of nitrogens with zero attached hydrogens (tertiary/aromatic N) is 5. The summed E-state index contributed by atoms with van der Waals surface area (Å²) < 4.78 is 31.3. The van der Waals surface area contributed by atoms with Crippen molar-refractivity contribution < 1.29 is 8.78 Å². The molecule has 3 aromatic heterocycles. The topological polar surface area (TPSA) is 70.4 Å². The molecule has 0 atom stereocenters. The molecule has 1 saturated heterocycles. The fourth-order valence-electron chi connectivity index (χ4n) is 4.42. The van der Waals surface area contributed by atoms with E-state index in [1.807, 2.05) is 6.07 Å². The number of hydrogen-bond donors (Lipinski definition) is 2. The van der Waals surface area contributed by atoms with Gasteiger partial charge in [-0.25, -0.2) is 23.7 Å². The number of pyridine rings is 1. The van der Waals surface area contributed by atoms with E-state index in [2.05, 4.69) is 37.4 Å². The molecule has 0 amide bonds. The van der Waals surface area contributed by atoms with E-state index in [0.29, 0.717) is 28.8 Å². The molecule has 1 aliphatic rings. The van der Waals surface area contributed by atoms with Crippen LogP contribution in [0.2, 0.25) is 0 Å². The smallest absolute Gasteiger partial charge is 0.173 e. The Hall–Kier alpha value is -3.33. The highest BCUT2D eigenvalue weighted by Gasteiger charge is 2.21. The van der Waals surface area contributed by atoms with Crippen molar-refractivity contribution in [2.24, 2.45) is 0 Å². The van der Waals surface area contributed by atoms with Gasteiger partial charge in [0.1, 0.15) is 18.0 Å². The van der Waals surface area contributed by atoms with Gasteiger partial charge in [-0.2, -0.15) is 0 Å². The van der Waals surface area contributed by atoms with Gasteiger partial charge in [-0.1, -0.05) is 6.92 Å². The fraction of sp³-hybridized carbons (Fsp3) is 0.348. The predicted octanol–water partition coefficient (Wildman–Crippen LogP) is 4.19. The molecule has 4 heterocycles. The average Bonchev–Trinajstić information content (AvgIpc) is 3.15. The number of fused-ring (bicyclic) bond motifs is 2. The number of benzene rings is 1. The SMILES string of the molecule is CCNC1CCN(c2cc(F)c3c(Nc4cc(F)c5nc(C)cn5c4)ncnc3c2)CC1. The number of imidazole rings is 1. The zero-order valence-electron chi connectivity index (χ0n) is 18.1. The summed E-state index contributed by atoms with van der Waals surface area (Å²) in [5.41, 5.74) is 2.72. The second-order valence-electron chi connectivity index (χ2n) is 8.18. The number of aryl methyl sites for hydroxylation is 1. The zero-order chi connectivity index (χ0) is 22.2. The number of hydrogen-bond acceptors (Lipinski definition) is 6. The van der Waals surface area contributed by atoms with Crippen LogP contribution >= 0.6 is 0 Å². The van der Waals surface area contributed by atoms with Gasteiger partial charge in [-0.15, -0.1) is 0 Å². The van der Waals surface area contributed by atoms with Gasteiger partial charge in [0, 0.05) is 43.3 Å². The summed E-state index contributed by atoms with van der Waals surface area (Å²) in [5, 5.41) is 6.81. The first-order chi connectivity index (χ1) is 15.5. The van der Waals surface area contributed by atoms with Crippen LogP contribution in [0.4, 0.5) is 26.0 Å². The highest BCUT2D eigenvalue weighted by atomic mass is 19.1. The fourth-order valence-corrected chi connectivity index (χ4v) is 4.42. The standard InChI is InChI=1S/C23H25F2N7/c1-3-26-15-4-6-31(7-5-15)17-9-18(24)21-20(10-17)27-13-28-22(21)30-16-8-19(25)23-29-14(2)11-32(23)12-16/h8-13,15,26H,3-7H2,1-2H3,(H,27,28,30). The summed E-state index contributed by atoms with van der Waals surface area (Å²) in [4.78, 5) is 14.9. The maximum absolute atomic E-state index is 15.2. The summed E-state index contributed by atoms with van der Waals surface area (Å²) in [6, 6.07) is 5.27. The van der Waals surface area contributed by atoms with E-state index in [4.69, 9.17) is 0 Å². The number of halogens is 2. The molecule has 1 aliphatic heterocycles. The van der Waals surface area contributed by atoms with Crippen molar-refractivity contribution in [2.45, 2.75) is 32.7 Å². The van der Waals surface area contributed by atoms with Crippen molar-refractivity contribution in [1.29, 1.82) is 0 Å². The van der Waals surface area contributed by atoms with Crippen molar-refractivity contribution in [3.63, 3.8) is 0 Å². The Labute approximate surface area is 184 Å². The van der Waals surface area contributed by atoms with Crippen LogP contribution in [0.5, 0.6) is 0 Å². The molecule has 1 aromatic carbocycles. The average molecular weight is 437 g/mol. The van der Waals surface area contributed by atoms with Gasteiger partial charge in [-0.3, -0.25) is 0 Å². The largest absolute Gasteiger partial charge is 0.371 e. The first-order valence-electron chi connectivity index (χ1n) is 10.9. The monoisotopic (exact) mass is 437 g/mol. The third-order valence-electron chi connectivity index (χ3n) is 5.92. The van der Waals surface area contributed by atoms with Crippen LogP contribution < -0.4 is 15.5 Å². The molecule has 0 spiro atoms. The van der Waals surface area contributed by atoms with Crippen LogP contribution in [-0.4, -0.2) is 45.0 Å². The second-order valence-corrected chi connectivity index (χ2v) is 8.18. The number of rotatable bonds is 5. The summed E-state index contributed by atoms with van der Waals surface area (Å²) in [6.45, 7) is 6.59. The molecule has 5 rings (SSSR count). The highest BCUT2D eigenvalue weighted by molar-refractivity contribution is 5.93. The number of anilines is 3. The van der Waals surface area contributed by atoms with Gasteiger partial charge < -0.3 is 19.9 Å². The molecule has 0 saturated carbocycles. The highest BCUT2D eigenvalue weighted by Crippen LogP contribution is 2.31. The maximum atomic E-state index is 15.2. The quantitative estimate of drug-likeness (QED) is 0.488. The maximum Gasteiger partial charge on any atom is 0.173 e. The number of nitrogens with one attached hydrogen (secondary N) is 2. The first kappa shape index (κ1) is 20.6. The Balaban J connectivity index is 1.45. The Bertz CT molecular complexity index is 1280. The summed E-state index contributed by atoms with van der Waals surface area (Å²) in [6.07, 6.45) is 6.86. The van der Waals surface area contributed by atoms with E-state index in [1.54, 1.807) is 23.7 Å². The normalized spacial score (nSPS) is 15.1. The zero-order valence-corrected chi connectivity index (χ0v) is 18.1. The Kier molecular flexibility index (Phi) is 5.34. The third kappa shape index (κ3) is 3.84. The summed E-state index contributed by atoms with van der Waals surface area (Å²) in [7, 11) is 0. The molecule has 0 radical (unpaired) electrons. The van der Waals surface area contributed by atoms with E-state index < -0.39 is 11.6 Å². The van der Waals surface area contributed by atoms with Gasteiger partial charge in [0.15, 0.2) is 11.5 Å². The van der Waals surface area contributed by atoms with Crippen LogP contribution in [0.3, 0.4) is 0 Å². The molecular formula is C23H25F2N7. The lowest BCUT2D eigenvalue weighted by Gasteiger charge is -2.34. The minimum atomic E-state index is -0.467. The Morgan fingerprint density at radius 1 is 1.06 bits per heavy atom. The molecule has 32 heavy (non-hydrogen) atoms. The molecule has 1 fully saturated rings. The molecule has 0 bridgehead atoms. The van der Waals surface area contributed by atoms with Gasteiger partial charge in [0.2, 0.25) is 0 Å². The van der Waals surface area contributed by atoms with E-state index in [0.717, 1.165) is 38.2 Å². The second kappa shape index (κ2) is 8.31. The molecule has 9 heteroatoms. The molecular weight excluding hydrogens is 412 g/mol. The van der Waals surface area contributed by atoms with Gasteiger partial charge in [-0.05, 0) is 38.4 Å². The Morgan fingerprint density at radius 3 is 2.66 bits per heavy atom. The van der Waals surface area contributed by atoms with Crippen LogP contribution in [0, 0.1) is 18.6 Å². The first-order valence-corrected chi connectivity index (χ1v) is 10.9. The van der Waals surface area contributed by atoms with Crippen LogP contribution in [0.1, 0.15) is 25.5 Å². The predicted molar refractivity (Wildman–Crippen MR) is 122 cm³/mol. The van der Waals surface area contributed by atoms with Gasteiger partial charge in [0.25, 0.3) is 0 Å². The van der Waals surface area contributed by atoms with Crippen molar-refractivity contribution in [3.8, 4) is 0 Å². The van der Waals surface area contributed by atoms with Crippen molar-refractivity contribution >= 4 is 33.7 Å². The van der Waals surface area contributed by atoms with E-state index in [-0.39, 0.29) is 11.0 Å². The van der Waals surface area contributed by atoms with Crippen LogP contribution in [0.15, 0.2) is 36.9 Å². The van der Waals surface area contributed by atoms with E-state index >= 15 is 4.39 Å². The minimum Gasteiger partial charge on any atom is -0.371 e. The lowest BCUT2D eigenvalue weighted by atomic mass is 10.0. The molecule has 7 nitrogen and oxygen atoms in total.